The van der Waals surface area contributed by atoms with Gasteiger partial charge in [0.1, 0.15) is 4.87 Å². The first-order valence-corrected chi connectivity index (χ1v) is 9.10. The number of rotatable bonds is 1. The SMILES string of the molecule is CC1=Cc2cc([N+](=O)[O-])ccc2S[C@@]12N(C)c1ccccc1C2(C)C. The van der Waals surface area contributed by atoms with Gasteiger partial charge in [-0.1, -0.05) is 49.9 Å². The van der Waals surface area contributed by atoms with E-state index >= 15 is 0 Å². The van der Waals surface area contributed by atoms with E-state index < -0.39 is 0 Å². The lowest BCUT2D eigenvalue weighted by molar-refractivity contribution is -0.384. The lowest BCUT2D eigenvalue weighted by atomic mass is 9.76. The molecule has 0 saturated heterocycles. The van der Waals surface area contributed by atoms with Crippen LogP contribution in [0.2, 0.25) is 0 Å². The van der Waals surface area contributed by atoms with Gasteiger partial charge in [0.2, 0.25) is 0 Å². The van der Waals surface area contributed by atoms with Crippen molar-refractivity contribution < 1.29 is 4.92 Å². The number of hydrogen-bond donors (Lipinski definition) is 0. The molecule has 2 aliphatic heterocycles. The van der Waals surface area contributed by atoms with Crippen LogP contribution in [0.15, 0.2) is 52.9 Å². The Morgan fingerprint density at radius 2 is 1.88 bits per heavy atom. The Bertz CT molecular complexity index is 935. The minimum Gasteiger partial charge on any atom is -0.355 e. The fourth-order valence-electron chi connectivity index (χ4n) is 4.45. The van der Waals surface area contributed by atoms with Crippen LogP contribution in [0.1, 0.15) is 31.9 Å². The van der Waals surface area contributed by atoms with E-state index in [1.807, 2.05) is 6.07 Å². The minimum atomic E-state index is -0.333. The molecule has 0 bridgehead atoms. The highest BCUT2D eigenvalue weighted by atomic mass is 32.2. The second kappa shape index (κ2) is 5.11. The number of para-hydroxylation sites is 1. The predicted octanol–water partition coefficient (Wildman–Crippen LogP) is 5.23. The lowest BCUT2D eigenvalue weighted by Crippen LogP contribution is -2.53. The van der Waals surface area contributed by atoms with Crippen LogP contribution in [0.4, 0.5) is 11.4 Å². The summed E-state index contributed by atoms with van der Waals surface area (Å²) in [4.78, 5) is 14.0. The molecule has 2 aliphatic rings. The zero-order valence-electron chi connectivity index (χ0n) is 14.7. The zero-order valence-corrected chi connectivity index (χ0v) is 15.6. The molecule has 0 saturated carbocycles. The Morgan fingerprint density at radius 1 is 1.16 bits per heavy atom. The fraction of sp³-hybridized carbons (Fsp3) is 0.300. The van der Waals surface area contributed by atoms with E-state index in [0.29, 0.717) is 0 Å². The first-order chi connectivity index (χ1) is 11.8. The van der Waals surface area contributed by atoms with Crippen LogP contribution in [0.5, 0.6) is 0 Å². The molecule has 2 heterocycles. The molecule has 2 aromatic rings. The largest absolute Gasteiger partial charge is 0.355 e. The molecule has 1 spiro atoms. The average molecular weight is 352 g/mol. The summed E-state index contributed by atoms with van der Waals surface area (Å²) >= 11 is 1.80. The summed E-state index contributed by atoms with van der Waals surface area (Å²) in [5.74, 6) is 0. The molecule has 0 radical (unpaired) electrons. The predicted molar refractivity (Wildman–Crippen MR) is 103 cm³/mol. The average Bonchev–Trinajstić information content (AvgIpc) is 2.75. The third-order valence-electron chi connectivity index (χ3n) is 5.63. The van der Waals surface area contributed by atoms with E-state index in [2.05, 4.69) is 63.1 Å². The molecule has 0 amide bonds. The number of hydrogen-bond acceptors (Lipinski definition) is 4. The van der Waals surface area contributed by atoms with Crippen molar-refractivity contribution in [3.05, 3.63) is 69.3 Å². The summed E-state index contributed by atoms with van der Waals surface area (Å²) in [7, 11) is 2.15. The number of nitro benzene ring substituents is 1. The fourth-order valence-corrected chi connectivity index (χ4v) is 5.96. The molecular weight excluding hydrogens is 332 g/mol. The van der Waals surface area contributed by atoms with Gasteiger partial charge in [-0.15, -0.1) is 0 Å². The van der Waals surface area contributed by atoms with E-state index in [4.69, 9.17) is 0 Å². The van der Waals surface area contributed by atoms with E-state index in [-0.39, 0.29) is 20.9 Å². The van der Waals surface area contributed by atoms with Gasteiger partial charge in [0.15, 0.2) is 0 Å². The topological polar surface area (TPSA) is 46.4 Å². The van der Waals surface area contributed by atoms with Gasteiger partial charge in [0, 0.05) is 35.2 Å². The molecule has 2 aromatic carbocycles. The molecular formula is C20H20N2O2S. The van der Waals surface area contributed by atoms with Crippen LogP contribution in [0, 0.1) is 10.1 Å². The first-order valence-electron chi connectivity index (χ1n) is 8.28. The van der Waals surface area contributed by atoms with Crippen molar-refractivity contribution in [1.82, 2.24) is 0 Å². The summed E-state index contributed by atoms with van der Waals surface area (Å²) in [5.41, 5.74) is 4.78. The van der Waals surface area contributed by atoms with Gasteiger partial charge < -0.3 is 4.90 Å². The summed E-state index contributed by atoms with van der Waals surface area (Å²) in [6, 6.07) is 13.7. The van der Waals surface area contributed by atoms with Crippen LogP contribution in [0.3, 0.4) is 0 Å². The van der Waals surface area contributed by atoms with Gasteiger partial charge in [0.25, 0.3) is 5.69 Å². The summed E-state index contributed by atoms with van der Waals surface area (Å²) < 4.78 is 0. The maximum absolute atomic E-state index is 11.1. The van der Waals surface area contributed by atoms with E-state index in [1.54, 1.807) is 23.9 Å². The van der Waals surface area contributed by atoms with Gasteiger partial charge in [-0.2, -0.15) is 0 Å². The lowest BCUT2D eigenvalue weighted by Gasteiger charge is -2.48. The molecule has 0 N–H and O–H groups in total. The highest BCUT2D eigenvalue weighted by Crippen LogP contribution is 2.63. The van der Waals surface area contributed by atoms with Crippen LogP contribution in [-0.4, -0.2) is 16.8 Å². The molecule has 25 heavy (non-hydrogen) atoms. The summed E-state index contributed by atoms with van der Waals surface area (Å²) in [6.45, 7) is 6.71. The second-order valence-corrected chi connectivity index (χ2v) is 8.49. The number of thioether (sulfide) groups is 1. The van der Waals surface area contributed by atoms with Crippen molar-refractivity contribution in [3.63, 3.8) is 0 Å². The Labute approximate surface area is 151 Å². The molecule has 4 rings (SSSR count). The van der Waals surface area contributed by atoms with Gasteiger partial charge >= 0.3 is 0 Å². The zero-order chi connectivity index (χ0) is 18.0. The van der Waals surface area contributed by atoms with Crippen molar-refractivity contribution in [1.29, 1.82) is 0 Å². The normalized spacial score (nSPS) is 23.2. The van der Waals surface area contributed by atoms with Gasteiger partial charge in [-0.05, 0) is 35.8 Å². The number of benzene rings is 2. The smallest absolute Gasteiger partial charge is 0.270 e. The van der Waals surface area contributed by atoms with Crippen molar-refractivity contribution in [3.8, 4) is 0 Å². The van der Waals surface area contributed by atoms with Crippen LogP contribution < -0.4 is 4.90 Å². The highest BCUT2D eigenvalue weighted by Gasteiger charge is 2.58. The molecule has 0 aliphatic carbocycles. The third-order valence-corrected chi connectivity index (χ3v) is 7.62. The van der Waals surface area contributed by atoms with Crippen molar-refractivity contribution in [2.45, 2.75) is 36.0 Å². The van der Waals surface area contributed by atoms with E-state index in [9.17, 15) is 10.1 Å². The van der Waals surface area contributed by atoms with E-state index in [0.717, 1.165) is 10.5 Å². The molecule has 1 atom stereocenters. The van der Waals surface area contributed by atoms with Crippen LogP contribution >= 0.6 is 11.8 Å². The maximum Gasteiger partial charge on any atom is 0.270 e. The number of nitrogens with zero attached hydrogens (tertiary/aromatic N) is 2. The third kappa shape index (κ3) is 1.96. The monoisotopic (exact) mass is 352 g/mol. The van der Waals surface area contributed by atoms with Crippen molar-refractivity contribution in [2.24, 2.45) is 0 Å². The Hall–Kier alpha value is -2.27. The Morgan fingerprint density at radius 3 is 2.56 bits per heavy atom. The quantitative estimate of drug-likeness (QED) is 0.521. The summed E-state index contributed by atoms with van der Waals surface area (Å²) in [5, 5.41) is 11.1. The van der Waals surface area contributed by atoms with E-state index in [1.165, 1.54) is 16.8 Å². The Balaban J connectivity index is 1.91. The maximum atomic E-state index is 11.1. The second-order valence-electron chi connectivity index (χ2n) is 7.25. The standard InChI is InChI=1S/C20H20N2O2S/c1-13-11-14-12-15(22(23)24)9-10-18(14)25-20(13)19(2,3)16-7-5-6-8-17(16)21(20)4/h5-12H,1-4H3/t20-/m0/s1. The molecule has 5 heteroatoms. The molecule has 0 aromatic heterocycles. The molecule has 0 unspecified atom stereocenters. The Kier molecular flexibility index (Phi) is 3.32. The number of likely N-dealkylation sites (N-methyl/N-ethyl adjacent to an activating group) is 1. The summed E-state index contributed by atoms with van der Waals surface area (Å²) in [6.07, 6.45) is 2.11. The van der Waals surface area contributed by atoms with Crippen LogP contribution in [-0.2, 0) is 5.41 Å². The molecule has 0 fully saturated rings. The number of non-ortho nitro benzene ring substituents is 1. The van der Waals surface area contributed by atoms with Gasteiger partial charge in [-0.25, -0.2) is 0 Å². The number of anilines is 1. The highest BCUT2D eigenvalue weighted by molar-refractivity contribution is 8.01. The van der Waals surface area contributed by atoms with Crippen molar-refractivity contribution in [2.75, 3.05) is 11.9 Å². The first kappa shape index (κ1) is 16.2. The molecule has 4 nitrogen and oxygen atoms in total. The van der Waals surface area contributed by atoms with Gasteiger partial charge in [0.05, 0.1) is 4.92 Å². The van der Waals surface area contributed by atoms with Crippen molar-refractivity contribution >= 4 is 29.2 Å². The number of nitro groups is 1. The van der Waals surface area contributed by atoms with Gasteiger partial charge in [-0.3, -0.25) is 10.1 Å². The minimum absolute atomic E-state index is 0.0942. The van der Waals surface area contributed by atoms with Crippen LogP contribution in [0.25, 0.3) is 6.08 Å². The number of fused-ring (bicyclic) bond motifs is 2. The molecule has 128 valence electrons.